The van der Waals surface area contributed by atoms with Crippen molar-refractivity contribution < 1.29 is 4.79 Å². The van der Waals surface area contributed by atoms with Crippen LogP contribution in [0, 0.1) is 0 Å². The molecule has 0 aliphatic heterocycles. The number of thioether (sulfide) groups is 1. The van der Waals surface area contributed by atoms with Gasteiger partial charge in [-0.1, -0.05) is 0 Å². The predicted octanol–water partition coefficient (Wildman–Crippen LogP) is 0.591. The molecule has 3 N–H and O–H groups in total. The second kappa shape index (κ2) is 6.31. The minimum absolute atomic E-state index is 0.0661. The minimum Gasteiger partial charge on any atom is -0.352 e. The summed E-state index contributed by atoms with van der Waals surface area (Å²) in [5, 5.41) is 2.84. The Hall–Kier alpha value is -0.220. The predicted molar refractivity (Wildman–Crippen MR) is 54.3 cm³/mol. The van der Waals surface area contributed by atoms with Crippen LogP contribution in [0.4, 0.5) is 0 Å². The fourth-order valence-corrected chi connectivity index (χ4v) is 1.33. The normalized spacial score (nSPS) is 15.3. The molecule has 0 saturated heterocycles. The van der Waals surface area contributed by atoms with Gasteiger partial charge in [-0.25, -0.2) is 0 Å². The second-order valence-electron chi connectivity index (χ2n) is 2.98. The van der Waals surface area contributed by atoms with Gasteiger partial charge in [-0.3, -0.25) is 4.79 Å². The van der Waals surface area contributed by atoms with E-state index in [-0.39, 0.29) is 11.9 Å². The SMILES string of the molecule is CSCCC(C)NC(=O)[C@H](C)N. The van der Waals surface area contributed by atoms with Gasteiger partial charge < -0.3 is 11.1 Å². The third kappa shape index (κ3) is 5.43. The highest BCUT2D eigenvalue weighted by Crippen LogP contribution is 1.99. The summed E-state index contributed by atoms with van der Waals surface area (Å²) in [6, 6.07) is -0.169. The molecular formula is C8H18N2OS. The molecule has 0 bridgehead atoms. The molecule has 0 aliphatic rings. The van der Waals surface area contributed by atoms with E-state index in [1.165, 1.54) is 0 Å². The Balaban J connectivity index is 3.54. The van der Waals surface area contributed by atoms with Gasteiger partial charge in [0.2, 0.25) is 5.91 Å². The number of carbonyl (C=O) groups is 1. The summed E-state index contributed by atoms with van der Waals surface area (Å²) in [6.45, 7) is 3.69. The Morgan fingerprint density at radius 1 is 1.58 bits per heavy atom. The van der Waals surface area contributed by atoms with Gasteiger partial charge in [0.25, 0.3) is 0 Å². The molecule has 0 aromatic heterocycles. The summed E-state index contributed by atoms with van der Waals surface area (Å²) in [7, 11) is 0. The van der Waals surface area contributed by atoms with E-state index in [4.69, 9.17) is 5.73 Å². The first-order chi connectivity index (χ1) is 5.57. The monoisotopic (exact) mass is 190 g/mol. The summed E-state index contributed by atoms with van der Waals surface area (Å²) < 4.78 is 0. The molecule has 1 amide bonds. The topological polar surface area (TPSA) is 55.1 Å². The molecule has 4 heteroatoms. The van der Waals surface area contributed by atoms with Gasteiger partial charge in [0.1, 0.15) is 0 Å². The summed E-state index contributed by atoms with van der Waals surface area (Å²) in [4.78, 5) is 11.1. The second-order valence-corrected chi connectivity index (χ2v) is 3.97. The number of nitrogens with one attached hydrogen (secondary N) is 1. The lowest BCUT2D eigenvalue weighted by Gasteiger charge is -2.14. The summed E-state index contributed by atoms with van der Waals surface area (Å²) >= 11 is 1.78. The Kier molecular flexibility index (Phi) is 6.20. The van der Waals surface area contributed by atoms with Gasteiger partial charge in [0, 0.05) is 6.04 Å². The van der Waals surface area contributed by atoms with Crippen molar-refractivity contribution in [3.8, 4) is 0 Å². The molecule has 0 saturated carbocycles. The molecule has 0 aromatic rings. The number of carbonyl (C=O) groups excluding carboxylic acids is 1. The van der Waals surface area contributed by atoms with Crippen LogP contribution in [0.5, 0.6) is 0 Å². The van der Waals surface area contributed by atoms with E-state index >= 15 is 0 Å². The Bertz CT molecular complexity index is 139. The van der Waals surface area contributed by atoms with Crippen molar-refractivity contribution in [1.82, 2.24) is 5.32 Å². The lowest BCUT2D eigenvalue weighted by Crippen LogP contribution is -2.42. The van der Waals surface area contributed by atoms with Crippen molar-refractivity contribution in [1.29, 1.82) is 0 Å². The Morgan fingerprint density at radius 3 is 2.58 bits per heavy atom. The van der Waals surface area contributed by atoms with Crippen LogP contribution < -0.4 is 11.1 Å². The fourth-order valence-electron chi connectivity index (χ4n) is 0.741. The maximum atomic E-state index is 11.1. The third-order valence-electron chi connectivity index (χ3n) is 1.56. The standard InChI is InChI=1S/C8H18N2OS/c1-6(4-5-12-3)10-8(11)7(2)9/h6-7H,4-5,9H2,1-3H3,(H,10,11)/t6?,7-/m0/s1. The molecule has 0 rings (SSSR count). The van der Waals surface area contributed by atoms with E-state index in [9.17, 15) is 4.79 Å². The van der Waals surface area contributed by atoms with E-state index < -0.39 is 6.04 Å². The van der Waals surface area contributed by atoms with Gasteiger partial charge >= 0.3 is 0 Å². The zero-order valence-corrected chi connectivity index (χ0v) is 8.78. The molecule has 0 aromatic carbocycles. The Morgan fingerprint density at radius 2 is 2.17 bits per heavy atom. The van der Waals surface area contributed by atoms with E-state index in [2.05, 4.69) is 11.6 Å². The van der Waals surface area contributed by atoms with Crippen LogP contribution in [-0.4, -0.2) is 30.0 Å². The van der Waals surface area contributed by atoms with Crippen molar-refractivity contribution in [2.45, 2.75) is 32.4 Å². The highest BCUT2D eigenvalue weighted by Gasteiger charge is 2.09. The number of nitrogens with two attached hydrogens (primary N) is 1. The molecular weight excluding hydrogens is 172 g/mol. The van der Waals surface area contributed by atoms with Crippen LogP contribution in [0.3, 0.4) is 0 Å². The first kappa shape index (κ1) is 11.8. The fraction of sp³-hybridized carbons (Fsp3) is 0.875. The maximum Gasteiger partial charge on any atom is 0.236 e. The first-order valence-electron chi connectivity index (χ1n) is 4.12. The number of hydrogen-bond acceptors (Lipinski definition) is 3. The zero-order chi connectivity index (χ0) is 9.56. The van der Waals surface area contributed by atoms with Gasteiger partial charge in [-0.2, -0.15) is 11.8 Å². The summed E-state index contributed by atoms with van der Waals surface area (Å²) in [5.74, 6) is 1.00. The number of amides is 1. The molecule has 0 aliphatic carbocycles. The van der Waals surface area contributed by atoms with E-state index in [0.717, 1.165) is 12.2 Å². The van der Waals surface area contributed by atoms with Crippen molar-refractivity contribution in [3.63, 3.8) is 0 Å². The third-order valence-corrected chi connectivity index (χ3v) is 2.20. The zero-order valence-electron chi connectivity index (χ0n) is 7.96. The van der Waals surface area contributed by atoms with E-state index in [0.29, 0.717) is 0 Å². The van der Waals surface area contributed by atoms with Crippen molar-refractivity contribution in [2.24, 2.45) is 5.73 Å². The number of hydrogen-bond donors (Lipinski definition) is 2. The molecule has 0 fully saturated rings. The molecule has 0 radical (unpaired) electrons. The van der Waals surface area contributed by atoms with Crippen molar-refractivity contribution in [3.05, 3.63) is 0 Å². The first-order valence-corrected chi connectivity index (χ1v) is 5.52. The van der Waals surface area contributed by atoms with Crippen LogP contribution in [0.2, 0.25) is 0 Å². The molecule has 12 heavy (non-hydrogen) atoms. The number of rotatable bonds is 5. The summed E-state index contributed by atoms with van der Waals surface area (Å²) in [5.41, 5.74) is 5.40. The van der Waals surface area contributed by atoms with Gasteiger partial charge in [0.15, 0.2) is 0 Å². The molecule has 72 valence electrons. The highest BCUT2D eigenvalue weighted by atomic mass is 32.2. The lowest BCUT2D eigenvalue weighted by molar-refractivity contribution is -0.122. The highest BCUT2D eigenvalue weighted by molar-refractivity contribution is 7.98. The van der Waals surface area contributed by atoms with Crippen LogP contribution in [-0.2, 0) is 4.79 Å². The largest absolute Gasteiger partial charge is 0.352 e. The minimum atomic E-state index is -0.401. The van der Waals surface area contributed by atoms with E-state index in [1.807, 2.05) is 6.92 Å². The summed E-state index contributed by atoms with van der Waals surface area (Å²) in [6.07, 6.45) is 3.06. The molecule has 3 nitrogen and oxygen atoms in total. The van der Waals surface area contributed by atoms with Crippen LogP contribution >= 0.6 is 11.8 Å². The molecule has 0 spiro atoms. The van der Waals surface area contributed by atoms with Crippen molar-refractivity contribution >= 4 is 17.7 Å². The smallest absolute Gasteiger partial charge is 0.236 e. The quantitative estimate of drug-likeness (QED) is 0.667. The van der Waals surface area contributed by atoms with E-state index in [1.54, 1.807) is 18.7 Å². The average molecular weight is 190 g/mol. The van der Waals surface area contributed by atoms with Crippen LogP contribution in [0.25, 0.3) is 0 Å². The lowest BCUT2D eigenvalue weighted by atomic mass is 10.2. The Labute approximate surface area is 78.5 Å². The maximum absolute atomic E-state index is 11.1. The average Bonchev–Trinajstić information content (AvgIpc) is 2.00. The molecule has 2 atom stereocenters. The van der Waals surface area contributed by atoms with Crippen LogP contribution in [0.1, 0.15) is 20.3 Å². The molecule has 0 heterocycles. The van der Waals surface area contributed by atoms with Crippen molar-refractivity contribution in [2.75, 3.05) is 12.0 Å². The van der Waals surface area contributed by atoms with Gasteiger partial charge in [-0.05, 0) is 32.3 Å². The van der Waals surface area contributed by atoms with Gasteiger partial charge in [-0.15, -0.1) is 0 Å². The van der Waals surface area contributed by atoms with Crippen LogP contribution in [0.15, 0.2) is 0 Å². The molecule has 1 unspecified atom stereocenters. The van der Waals surface area contributed by atoms with Gasteiger partial charge in [0.05, 0.1) is 6.04 Å².